The maximum Gasteiger partial charge on any atom is 0.269 e. The summed E-state index contributed by atoms with van der Waals surface area (Å²) in [5, 5.41) is 2.98. The van der Waals surface area contributed by atoms with Crippen LogP contribution in [-0.4, -0.2) is 49.5 Å². The summed E-state index contributed by atoms with van der Waals surface area (Å²) < 4.78 is 11.6. The standard InChI is InChI=1S/C22H27N3O3/c26-21(24-11-4-7-18-5-2-1-3-6-18)20-17-19(8-12-23-20)25-13-9-22(10-14-25)27-15-16-28-22/h1-3,5-6,8,12,17H,4,7,9-11,13-16H2,(H,24,26). The number of amides is 1. The third kappa shape index (κ3) is 4.51. The number of anilines is 1. The number of benzene rings is 1. The highest BCUT2D eigenvalue weighted by Crippen LogP contribution is 2.33. The van der Waals surface area contributed by atoms with Gasteiger partial charge in [0, 0.05) is 44.4 Å². The van der Waals surface area contributed by atoms with E-state index in [-0.39, 0.29) is 11.7 Å². The zero-order valence-electron chi connectivity index (χ0n) is 16.1. The molecule has 1 spiro atoms. The molecule has 3 heterocycles. The predicted octanol–water partition coefficient (Wildman–Crippen LogP) is 2.79. The van der Waals surface area contributed by atoms with E-state index in [1.165, 1.54) is 5.56 Å². The van der Waals surface area contributed by atoms with E-state index in [0.717, 1.165) is 44.5 Å². The van der Waals surface area contributed by atoms with Gasteiger partial charge in [0.1, 0.15) is 5.69 Å². The van der Waals surface area contributed by atoms with Gasteiger partial charge in [-0.25, -0.2) is 0 Å². The van der Waals surface area contributed by atoms with Gasteiger partial charge in [-0.15, -0.1) is 0 Å². The maximum atomic E-state index is 12.5. The number of pyridine rings is 1. The Bertz CT molecular complexity index is 781. The molecule has 0 saturated carbocycles. The third-order valence-corrected chi connectivity index (χ3v) is 5.45. The Morgan fingerprint density at radius 2 is 1.86 bits per heavy atom. The van der Waals surface area contributed by atoms with Crippen LogP contribution in [0.2, 0.25) is 0 Å². The highest BCUT2D eigenvalue weighted by atomic mass is 16.7. The smallest absolute Gasteiger partial charge is 0.269 e. The Labute approximate surface area is 165 Å². The van der Waals surface area contributed by atoms with Gasteiger partial charge in [-0.3, -0.25) is 9.78 Å². The first-order valence-electron chi connectivity index (χ1n) is 10.1. The molecule has 1 aromatic heterocycles. The summed E-state index contributed by atoms with van der Waals surface area (Å²) in [6.07, 6.45) is 5.26. The van der Waals surface area contributed by atoms with Crippen molar-refractivity contribution >= 4 is 11.6 Å². The summed E-state index contributed by atoms with van der Waals surface area (Å²) in [7, 11) is 0. The van der Waals surface area contributed by atoms with Crippen LogP contribution in [-0.2, 0) is 15.9 Å². The second kappa shape index (κ2) is 8.71. The molecule has 148 valence electrons. The minimum absolute atomic E-state index is 0.120. The van der Waals surface area contributed by atoms with Gasteiger partial charge in [-0.1, -0.05) is 30.3 Å². The normalized spacial score (nSPS) is 18.4. The van der Waals surface area contributed by atoms with Crippen LogP contribution in [0.3, 0.4) is 0 Å². The number of aromatic nitrogens is 1. The summed E-state index contributed by atoms with van der Waals surface area (Å²) >= 11 is 0. The average Bonchev–Trinajstić information content (AvgIpc) is 3.20. The number of rotatable bonds is 6. The predicted molar refractivity (Wildman–Crippen MR) is 107 cm³/mol. The Hall–Kier alpha value is -2.44. The monoisotopic (exact) mass is 381 g/mol. The van der Waals surface area contributed by atoms with E-state index in [9.17, 15) is 4.79 Å². The van der Waals surface area contributed by atoms with Gasteiger partial charge in [-0.05, 0) is 30.5 Å². The van der Waals surface area contributed by atoms with Gasteiger partial charge < -0.3 is 19.7 Å². The zero-order valence-corrected chi connectivity index (χ0v) is 16.1. The molecule has 0 radical (unpaired) electrons. The second-order valence-electron chi connectivity index (χ2n) is 7.34. The van der Waals surface area contributed by atoms with E-state index < -0.39 is 0 Å². The number of ether oxygens (including phenoxy) is 2. The van der Waals surface area contributed by atoms with Crippen molar-refractivity contribution in [2.45, 2.75) is 31.5 Å². The van der Waals surface area contributed by atoms with Gasteiger partial charge >= 0.3 is 0 Å². The first-order chi connectivity index (χ1) is 13.7. The van der Waals surface area contributed by atoms with Crippen molar-refractivity contribution in [1.82, 2.24) is 10.3 Å². The Balaban J connectivity index is 1.27. The molecule has 6 heteroatoms. The third-order valence-electron chi connectivity index (χ3n) is 5.45. The summed E-state index contributed by atoms with van der Waals surface area (Å²) in [5.41, 5.74) is 2.78. The van der Waals surface area contributed by atoms with Crippen molar-refractivity contribution in [1.29, 1.82) is 0 Å². The SMILES string of the molecule is O=C(NCCCc1ccccc1)c1cc(N2CCC3(CC2)OCCO3)ccn1. The fraction of sp³-hybridized carbons (Fsp3) is 0.455. The summed E-state index contributed by atoms with van der Waals surface area (Å²) in [6, 6.07) is 14.1. The second-order valence-corrected chi connectivity index (χ2v) is 7.34. The molecule has 1 amide bonds. The molecule has 1 N–H and O–H groups in total. The van der Waals surface area contributed by atoms with Crippen molar-refractivity contribution < 1.29 is 14.3 Å². The van der Waals surface area contributed by atoms with E-state index in [4.69, 9.17) is 9.47 Å². The molecule has 0 aliphatic carbocycles. The zero-order chi connectivity index (χ0) is 19.2. The molecule has 6 nitrogen and oxygen atoms in total. The van der Waals surface area contributed by atoms with Crippen LogP contribution in [0, 0.1) is 0 Å². The largest absolute Gasteiger partial charge is 0.371 e. The number of hydrogen-bond donors (Lipinski definition) is 1. The number of carbonyl (C=O) groups excluding carboxylic acids is 1. The molecule has 28 heavy (non-hydrogen) atoms. The molecular formula is C22H27N3O3. The van der Waals surface area contributed by atoms with Gasteiger partial charge in [0.05, 0.1) is 13.2 Å². The van der Waals surface area contributed by atoms with Crippen molar-refractivity contribution in [3.63, 3.8) is 0 Å². The van der Waals surface area contributed by atoms with E-state index in [1.54, 1.807) is 6.20 Å². The first kappa shape index (κ1) is 18.9. The number of hydrogen-bond acceptors (Lipinski definition) is 5. The van der Waals surface area contributed by atoms with Crippen molar-refractivity contribution in [2.24, 2.45) is 0 Å². The molecule has 2 fully saturated rings. The lowest BCUT2D eigenvalue weighted by molar-refractivity contribution is -0.169. The van der Waals surface area contributed by atoms with Crippen LogP contribution in [0.1, 0.15) is 35.3 Å². The molecule has 2 aliphatic rings. The minimum atomic E-state index is -0.386. The molecule has 2 aliphatic heterocycles. The molecule has 2 saturated heterocycles. The van der Waals surface area contributed by atoms with E-state index in [0.29, 0.717) is 25.5 Å². The average molecular weight is 381 g/mol. The number of piperidine rings is 1. The summed E-state index contributed by atoms with van der Waals surface area (Å²) in [6.45, 7) is 3.71. The van der Waals surface area contributed by atoms with E-state index in [1.807, 2.05) is 30.3 Å². The highest BCUT2D eigenvalue weighted by molar-refractivity contribution is 5.93. The molecule has 0 unspecified atom stereocenters. The Morgan fingerprint density at radius 1 is 1.11 bits per heavy atom. The van der Waals surface area contributed by atoms with Crippen LogP contribution < -0.4 is 10.2 Å². The quantitative estimate of drug-likeness (QED) is 0.780. The Morgan fingerprint density at radius 3 is 2.61 bits per heavy atom. The summed E-state index contributed by atoms with van der Waals surface area (Å²) in [5.74, 6) is -0.506. The van der Waals surface area contributed by atoms with Gasteiger partial charge in [-0.2, -0.15) is 0 Å². The van der Waals surface area contributed by atoms with Crippen LogP contribution in [0.5, 0.6) is 0 Å². The minimum Gasteiger partial charge on any atom is -0.371 e. The fourth-order valence-corrected chi connectivity index (χ4v) is 3.86. The van der Waals surface area contributed by atoms with Crippen LogP contribution in [0.4, 0.5) is 5.69 Å². The summed E-state index contributed by atoms with van der Waals surface area (Å²) in [4.78, 5) is 19.0. The lowest BCUT2D eigenvalue weighted by Gasteiger charge is -2.38. The first-order valence-corrected chi connectivity index (χ1v) is 10.1. The molecule has 2 aromatic rings. The fourth-order valence-electron chi connectivity index (χ4n) is 3.86. The van der Waals surface area contributed by atoms with E-state index >= 15 is 0 Å². The van der Waals surface area contributed by atoms with Crippen molar-refractivity contribution in [3.8, 4) is 0 Å². The van der Waals surface area contributed by atoms with Gasteiger partial charge in [0.25, 0.3) is 5.91 Å². The maximum absolute atomic E-state index is 12.5. The number of aryl methyl sites for hydroxylation is 1. The number of nitrogens with zero attached hydrogens (tertiary/aromatic N) is 2. The lowest BCUT2D eigenvalue weighted by atomic mass is 10.0. The number of nitrogens with one attached hydrogen (secondary N) is 1. The van der Waals surface area contributed by atoms with Crippen molar-refractivity contribution in [2.75, 3.05) is 37.7 Å². The van der Waals surface area contributed by atoms with Crippen LogP contribution in [0.15, 0.2) is 48.7 Å². The van der Waals surface area contributed by atoms with Gasteiger partial charge in [0.15, 0.2) is 5.79 Å². The van der Waals surface area contributed by atoms with Crippen molar-refractivity contribution in [3.05, 3.63) is 59.9 Å². The highest BCUT2D eigenvalue weighted by Gasteiger charge is 2.39. The van der Waals surface area contributed by atoms with Crippen LogP contribution in [0.25, 0.3) is 0 Å². The molecule has 1 aromatic carbocycles. The van der Waals surface area contributed by atoms with Crippen LogP contribution >= 0.6 is 0 Å². The molecule has 0 atom stereocenters. The molecule has 0 bridgehead atoms. The molecule has 4 rings (SSSR count). The topological polar surface area (TPSA) is 63.7 Å². The number of carbonyl (C=O) groups is 1. The molecular weight excluding hydrogens is 354 g/mol. The Kier molecular flexibility index (Phi) is 5.88. The lowest BCUT2D eigenvalue weighted by Crippen LogP contribution is -2.45. The van der Waals surface area contributed by atoms with Gasteiger partial charge in [0.2, 0.25) is 0 Å². The van der Waals surface area contributed by atoms with E-state index in [2.05, 4.69) is 27.3 Å².